The van der Waals surface area contributed by atoms with E-state index in [4.69, 9.17) is 0 Å². The summed E-state index contributed by atoms with van der Waals surface area (Å²) in [6.07, 6.45) is 6.08. The molecule has 3 aliphatic heterocycles. The molecule has 148 valence electrons. The summed E-state index contributed by atoms with van der Waals surface area (Å²) in [6, 6.07) is 21.3. The summed E-state index contributed by atoms with van der Waals surface area (Å²) in [7, 11) is 0. The van der Waals surface area contributed by atoms with E-state index >= 15 is 0 Å². The fourth-order valence-corrected chi connectivity index (χ4v) is 5.40. The number of rotatable bonds is 5. The Morgan fingerprint density at radius 3 is 2.66 bits per heavy atom. The molecule has 2 aromatic carbocycles. The lowest BCUT2D eigenvalue weighted by Crippen LogP contribution is -2.54. The first-order chi connectivity index (χ1) is 14.2. The third-order valence-corrected chi connectivity index (χ3v) is 6.99. The summed E-state index contributed by atoms with van der Waals surface area (Å²) in [5, 5.41) is 12.6. The number of nitrogens with zero attached hydrogens (tertiary/aromatic N) is 2. The van der Waals surface area contributed by atoms with Gasteiger partial charge >= 0.3 is 0 Å². The van der Waals surface area contributed by atoms with Crippen LogP contribution >= 0.6 is 0 Å². The van der Waals surface area contributed by atoms with Crippen molar-refractivity contribution in [3.05, 3.63) is 90.6 Å². The number of benzene rings is 2. The minimum atomic E-state index is -0.458. The Hall–Kier alpha value is -2.49. The van der Waals surface area contributed by atoms with Crippen molar-refractivity contribution < 1.29 is 9.67 Å². The molecule has 0 aliphatic carbocycles. The maximum absolute atomic E-state index is 11.4. The lowest BCUT2D eigenvalue weighted by Gasteiger charge is -2.50. The number of fused-ring (bicyclic) bond motifs is 4. The number of para-hydroxylation sites is 1. The summed E-state index contributed by atoms with van der Waals surface area (Å²) in [5.74, 6) is 1.24. The molecule has 0 saturated carbocycles. The Bertz CT molecular complexity index is 1020. The van der Waals surface area contributed by atoms with E-state index in [1.54, 1.807) is 0 Å². The summed E-state index contributed by atoms with van der Waals surface area (Å²) in [4.78, 5) is 2.48. The van der Waals surface area contributed by atoms with Crippen molar-refractivity contribution in [1.82, 2.24) is 4.90 Å². The number of aliphatic hydroxyl groups excluding tert-OH is 1. The molecule has 3 aromatic rings. The van der Waals surface area contributed by atoms with Gasteiger partial charge in [0.2, 0.25) is 5.52 Å². The zero-order chi connectivity index (χ0) is 19.8. The molecule has 1 unspecified atom stereocenters. The van der Waals surface area contributed by atoms with Gasteiger partial charge in [0.05, 0.1) is 11.5 Å². The predicted molar refractivity (Wildman–Crippen MR) is 116 cm³/mol. The van der Waals surface area contributed by atoms with Crippen LogP contribution in [0.25, 0.3) is 10.9 Å². The molecule has 2 bridgehead atoms. The summed E-state index contributed by atoms with van der Waals surface area (Å²) in [6.45, 7) is 6.98. The second kappa shape index (κ2) is 7.74. The first kappa shape index (κ1) is 18.5. The molecule has 3 nitrogen and oxygen atoms in total. The largest absolute Gasteiger partial charge is 0.387 e. The minimum Gasteiger partial charge on any atom is -0.387 e. The van der Waals surface area contributed by atoms with E-state index < -0.39 is 6.10 Å². The Labute approximate surface area is 172 Å². The van der Waals surface area contributed by atoms with E-state index in [1.807, 2.05) is 0 Å². The molecule has 6 rings (SSSR count). The van der Waals surface area contributed by atoms with Crippen molar-refractivity contribution in [3.63, 3.8) is 0 Å². The lowest BCUT2D eigenvalue weighted by molar-refractivity contribution is -0.662. The molecule has 3 fully saturated rings. The first-order valence-electron chi connectivity index (χ1n) is 10.7. The highest BCUT2D eigenvalue weighted by molar-refractivity contribution is 5.79. The molecule has 3 heteroatoms. The van der Waals surface area contributed by atoms with Gasteiger partial charge in [0.1, 0.15) is 0 Å². The van der Waals surface area contributed by atoms with Crippen molar-refractivity contribution in [2.75, 3.05) is 13.1 Å². The van der Waals surface area contributed by atoms with E-state index in [9.17, 15) is 5.11 Å². The third-order valence-electron chi connectivity index (χ3n) is 6.99. The average Bonchev–Trinajstić information content (AvgIpc) is 2.79. The van der Waals surface area contributed by atoms with Crippen molar-refractivity contribution in [2.24, 2.45) is 11.8 Å². The molecule has 29 heavy (non-hydrogen) atoms. The summed E-state index contributed by atoms with van der Waals surface area (Å²) < 4.78 is 2.28. The van der Waals surface area contributed by atoms with Gasteiger partial charge in [-0.15, -0.1) is 6.58 Å². The van der Waals surface area contributed by atoms with Crippen molar-refractivity contribution in [2.45, 2.75) is 31.5 Å². The lowest BCUT2D eigenvalue weighted by atomic mass is 9.73. The zero-order valence-corrected chi connectivity index (χ0v) is 16.8. The van der Waals surface area contributed by atoms with Crippen LogP contribution in [-0.4, -0.2) is 29.1 Å². The molecule has 0 radical (unpaired) electrons. The zero-order valence-electron chi connectivity index (χ0n) is 16.8. The molecule has 3 aliphatic rings. The highest BCUT2D eigenvalue weighted by Crippen LogP contribution is 2.41. The Balaban J connectivity index is 1.48. The topological polar surface area (TPSA) is 27.3 Å². The Morgan fingerprint density at radius 1 is 1.10 bits per heavy atom. The predicted octanol–water partition coefficient (Wildman–Crippen LogP) is 4.11. The standard InChI is InChI=1S/C26H29N2O/c1-2-20-18-28-14-12-21(20)16-25(28)26(29)23-13-15-27(17-19-8-4-3-5-9-19)24-11-7-6-10-22(23)24/h2-11,13,15,20-21,25-26,29H,1,12,14,16-18H2/q+1/t20-,21-,25+,26+/m1/s1. The number of piperidine rings is 3. The van der Waals surface area contributed by atoms with Crippen LogP contribution in [0.5, 0.6) is 0 Å². The van der Waals surface area contributed by atoms with E-state index in [1.165, 1.54) is 17.5 Å². The number of hydrogen-bond donors (Lipinski definition) is 1. The summed E-state index contributed by atoms with van der Waals surface area (Å²) in [5.41, 5.74) is 3.51. The van der Waals surface area contributed by atoms with Crippen LogP contribution in [0.1, 0.15) is 30.1 Å². The van der Waals surface area contributed by atoms with Gasteiger partial charge in [-0.2, -0.15) is 4.57 Å². The molecule has 4 heterocycles. The fourth-order valence-electron chi connectivity index (χ4n) is 5.40. The van der Waals surface area contributed by atoms with Crippen LogP contribution in [0.2, 0.25) is 0 Å². The minimum absolute atomic E-state index is 0.207. The monoisotopic (exact) mass is 385 g/mol. The fraction of sp³-hybridized carbons (Fsp3) is 0.346. The van der Waals surface area contributed by atoms with Crippen molar-refractivity contribution in [3.8, 4) is 0 Å². The highest BCUT2D eigenvalue weighted by atomic mass is 16.3. The molecule has 0 spiro atoms. The van der Waals surface area contributed by atoms with Gasteiger partial charge in [0.25, 0.3) is 0 Å². The number of aliphatic hydroxyl groups is 1. The van der Waals surface area contributed by atoms with E-state index in [2.05, 4.69) is 89.0 Å². The average molecular weight is 386 g/mol. The van der Waals surface area contributed by atoms with Gasteiger partial charge in [-0.3, -0.25) is 4.90 Å². The first-order valence-corrected chi connectivity index (χ1v) is 10.7. The van der Waals surface area contributed by atoms with Crippen LogP contribution in [0.15, 0.2) is 79.5 Å². The van der Waals surface area contributed by atoms with Gasteiger partial charge in [-0.05, 0) is 37.3 Å². The van der Waals surface area contributed by atoms with E-state index in [0.717, 1.165) is 37.0 Å². The quantitative estimate of drug-likeness (QED) is 0.529. The Morgan fingerprint density at radius 2 is 1.90 bits per heavy atom. The highest BCUT2D eigenvalue weighted by Gasteiger charge is 2.42. The van der Waals surface area contributed by atoms with Crippen molar-refractivity contribution in [1.29, 1.82) is 0 Å². The van der Waals surface area contributed by atoms with Gasteiger partial charge in [0, 0.05) is 35.8 Å². The summed E-state index contributed by atoms with van der Waals surface area (Å²) >= 11 is 0. The van der Waals surface area contributed by atoms with Crippen LogP contribution < -0.4 is 4.57 Å². The van der Waals surface area contributed by atoms with Crippen LogP contribution in [0.3, 0.4) is 0 Å². The number of aromatic nitrogens is 1. The Kier molecular flexibility index (Phi) is 4.94. The van der Waals surface area contributed by atoms with Gasteiger partial charge in [-0.1, -0.05) is 48.5 Å². The van der Waals surface area contributed by atoms with E-state index in [0.29, 0.717) is 11.8 Å². The molecular weight excluding hydrogens is 356 g/mol. The molecule has 0 amide bonds. The molecule has 5 atom stereocenters. The van der Waals surface area contributed by atoms with Gasteiger partial charge in [-0.25, -0.2) is 0 Å². The molecule has 3 saturated heterocycles. The maximum atomic E-state index is 11.4. The molecule has 1 N–H and O–H groups in total. The normalized spacial score (nSPS) is 27.1. The van der Waals surface area contributed by atoms with Gasteiger partial charge < -0.3 is 5.11 Å². The van der Waals surface area contributed by atoms with E-state index in [-0.39, 0.29) is 6.04 Å². The van der Waals surface area contributed by atoms with Crippen LogP contribution in [-0.2, 0) is 6.54 Å². The van der Waals surface area contributed by atoms with Gasteiger partial charge in [0.15, 0.2) is 12.7 Å². The molecule has 1 aromatic heterocycles. The smallest absolute Gasteiger partial charge is 0.213 e. The van der Waals surface area contributed by atoms with Crippen LogP contribution in [0.4, 0.5) is 0 Å². The number of hydrogen-bond acceptors (Lipinski definition) is 2. The van der Waals surface area contributed by atoms with Crippen molar-refractivity contribution >= 4 is 10.9 Å². The maximum Gasteiger partial charge on any atom is 0.213 e. The number of pyridine rings is 1. The van der Waals surface area contributed by atoms with Crippen LogP contribution in [0, 0.1) is 11.8 Å². The second-order valence-corrected chi connectivity index (χ2v) is 8.59. The molecular formula is C26H29N2O+. The SMILES string of the molecule is C=C[C@@H]1CN2CC[C@@H]1C[C@H]2[C@@H](O)c1cc[n+](Cc2ccccc2)c2ccccc12. The second-order valence-electron chi connectivity index (χ2n) is 8.59. The third kappa shape index (κ3) is 3.39.